The number of hydrogen-bond donors (Lipinski definition) is 3. The van der Waals surface area contributed by atoms with Crippen molar-refractivity contribution in [1.82, 2.24) is 10.0 Å². The fourth-order valence-corrected chi connectivity index (χ4v) is 2.76. The van der Waals surface area contributed by atoms with Crippen LogP contribution in [0.3, 0.4) is 0 Å². The summed E-state index contributed by atoms with van der Waals surface area (Å²) in [6.45, 7) is 3.17. The highest BCUT2D eigenvalue weighted by atomic mass is 35.5. The number of carbonyl (C=O) groups excluding carboxylic acids is 3. The van der Waals surface area contributed by atoms with Gasteiger partial charge in [0.15, 0.2) is 6.10 Å². The Kier molecular flexibility index (Phi) is 6.91. The third-order valence-electron chi connectivity index (χ3n) is 3.08. The van der Waals surface area contributed by atoms with E-state index >= 15 is 0 Å². The minimum atomic E-state index is -3.80. The lowest BCUT2D eigenvalue weighted by Crippen LogP contribution is -2.45. The highest BCUT2D eigenvalue weighted by Gasteiger charge is 2.29. The van der Waals surface area contributed by atoms with E-state index < -0.39 is 40.0 Å². The summed E-state index contributed by atoms with van der Waals surface area (Å²) in [6, 6.07) is 2.37. The Labute approximate surface area is 149 Å². The first-order valence-corrected chi connectivity index (χ1v) is 8.90. The van der Waals surface area contributed by atoms with Crippen LogP contribution in [0.4, 0.5) is 4.79 Å². The normalized spacial score (nSPS) is 12.5. The Balaban J connectivity index is 3.15. The molecular weight excluding hydrogens is 374 g/mol. The monoisotopic (exact) mass is 391 g/mol. The summed E-state index contributed by atoms with van der Waals surface area (Å²) in [5.41, 5.74) is 4.63. The Hall–Kier alpha value is -2.17. The van der Waals surface area contributed by atoms with Gasteiger partial charge in [-0.05, 0) is 31.2 Å². The van der Waals surface area contributed by atoms with Crippen molar-refractivity contribution in [3.8, 4) is 0 Å². The molecule has 1 aromatic carbocycles. The van der Waals surface area contributed by atoms with Crippen LogP contribution in [0.5, 0.6) is 0 Å². The van der Waals surface area contributed by atoms with Gasteiger partial charge in [-0.2, -0.15) is 0 Å². The molecule has 0 aliphatic heterocycles. The van der Waals surface area contributed by atoms with Gasteiger partial charge in [-0.15, -0.1) is 0 Å². The summed E-state index contributed by atoms with van der Waals surface area (Å²) in [5, 5.41) is 1.77. The van der Waals surface area contributed by atoms with Crippen LogP contribution < -0.4 is 15.8 Å². The van der Waals surface area contributed by atoms with E-state index in [9.17, 15) is 22.8 Å². The van der Waals surface area contributed by atoms with Gasteiger partial charge in [0, 0.05) is 0 Å². The van der Waals surface area contributed by atoms with E-state index in [1.807, 2.05) is 5.32 Å². The van der Waals surface area contributed by atoms with Crippen molar-refractivity contribution in [2.24, 2.45) is 11.7 Å². The summed E-state index contributed by atoms with van der Waals surface area (Å²) in [7, 11) is -2.59. The van der Waals surface area contributed by atoms with Gasteiger partial charge in [0.05, 0.1) is 15.5 Å². The van der Waals surface area contributed by atoms with Crippen LogP contribution in [-0.4, -0.2) is 39.5 Å². The molecule has 1 aromatic rings. The number of urea groups is 1. The van der Waals surface area contributed by atoms with Crippen LogP contribution in [0.25, 0.3) is 0 Å². The summed E-state index contributed by atoms with van der Waals surface area (Å²) < 4.78 is 30.8. The molecule has 0 aliphatic rings. The zero-order chi connectivity index (χ0) is 19.4. The zero-order valence-electron chi connectivity index (χ0n) is 13.7. The molecule has 4 N–H and O–H groups in total. The molecule has 0 bridgehead atoms. The summed E-state index contributed by atoms with van der Waals surface area (Å²) in [4.78, 5) is 34.8. The van der Waals surface area contributed by atoms with Gasteiger partial charge in [0.25, 0.3) is 5.91 Å². The fourth-order valence-electron chi connectivity index (χ4n) is 1.81. The largest absolute Gasteiger partial charge is 0.448 e. The molecular formula is C14H18ClN3O6S. The predicted octanol–water partition coefficient (Wildman–Crippen LogP) is 0.624. The van der Waals surface area contributed by atoms with E-state index in [0.717, 1.165) is 6.07 Å². The van der Waals surface area contributed by atoms with Gasteiger partial charge in [0.1, 0.15) is 0 Å². The maximum atomic E-state index is 12.3. The maximum Gasteiger partial charge on any atom is 0.340 e. The van der Waals surface area contributed by atoms with Gasteiger partial charge in [-0.25, -0.2) is 22.7 Å². The minimum absolute atomic E-state index is 0.0575. The van der Waals surface area contributed by atoms with Crippen LogP contribution in [0, 0.1) is 5.92 Å². The number of primary amides is 1. The minimum Gasteiger partial charge on any atom is -0.448 e. The van der Waals surface area contributed by atoms with E-state index in [1.165, 1.54) is 19.2 Å². The SMILES string of the molecule is CNS(=O)(=O)c1ccc(Cl)c(C(=O)OC(C(=O)NC(N)=O)C(C)C)c1. The summed E-state index contributed by atoms with van der Waals surface area (Å²) in [5.74, 6) is -2.39. The molecule has 138 valence electrons. The molecule has 0 aliphatic carbocycles. The number of rotatable bonds is 6. The number of esters is 1. The zero-order valence-corrected chi connectivity index (χ0v) is 15.3. The second-order valence-corrected chi connectivity index (χ2v) is 7.57. The first kappa shape index (κ1) is 20.9. The second kappa shape index (κ2) is 8.28. The van der Waals surface area contributed by atoms with E-state index in [-0.39, 0.29) is 15.5 Å². The third-order valence-corrected chi connectivity index (χ3v) is 4.82. The standard InChI is InChI=1S/C14H18ClN3O6S/c1-7(2)11(12(19)18-14(16)21)24-13(20)9-6-8(4-5-10(9)15)25(22,23)17-3/h4-7,11,17H,1-3H3,(H3,16,18,19,21). The first-order valence-electron chi connectivity index (χ1n) is 7.04. The number of carbonyl (C=O) groups is 3. The number of amides is 3. The lowest BCUT2D eigenvalue weighted by atomic mass is 10.1. The van der Waals surface area contributed by atoms with Crippen molar-refractivity contribution in [3.63, 3.8) is 0 Å². The molecule has 0 heterocycles. The number of halogens is 1. The average Bonchev–Trinajstić information content (AvgIpc) is 2.51. The van der Waals surface area contributed by atoms with Crippen molar-refractivity contribution < 1.29 is 27.5 Å². The Morgan fingerprint density at radius 2 is 1.84 bits per heavy atom. The number of sulfonamides is 1. The van der Waals surface area contributed by atoms with Gasteiger partial charge < -0.3 is 10.5 Å². The van der Waals surface area contributed by atoms with Gasteiger partial charge >= 0.3 is 12.0 Å². The molecule has 9 nitrogen and oxygen atoms in total. The molecule has 11 heteroatoms. The van der Waals surface area contributed by atoms with Crippen LogP contribution in [-0.2, 0) is 19.6 Å². The van der Waals surface area contributed by atoms with Crippen molar-refractivity contribution in [2.45, 2.75) is 24.8 Å². The van der Waals surface area contributed by atoms with E-state index in [2.05, 4.69) is 4.72 Å². The Morgan fingerprint density at radius 1 is 1.24 bits per heavy atom. The van der Waals surface area contributed by atoms with E-state index in [0.29, 0.717) is 0 Å². The number of imide groups is 1. The number of nitrogens with two attached hydrogens (primary N) is 1. The maximum absolute atomic E-state index is 12.3. The number of nitrogens with one attached hydrogen (secondary N) is 2. The molecule has 0 aromatic heterocycles. The Bertz CT molecular complexity index is 794. The highest BCUT2D eigenvalue weighted by molar-refractivity contribution is 7.89. The van der Waals surface area contributed by atoms with Crippen LogP contribution in [0.2, 0.25) is 5.02 Å². The lowest BCUT2D eigenvalue weighted by Gasteiger charge is -2.20. The summed E-state index contributed by atoms with van der Waals surface area (Å²) >= 11 is 5.92. The van der Waals surface area contributed by atoms with Crippen LogP contribution in [0.15, 0.2) is 23.1 Å². The molecule has 1 rings (SSSR count). The van der Waals surface area contributed by atoms with Crippen molar-refractivity contribution in [1.29, 1.82) is 0 Å². The molecule has 3 amide bonds. The Morgan fingerprint density at radius 3 is 2.32 bits per heavy atom. The molecule has 0 radical (unpaired) electrons. The molecule has 25 heavy (non-hydrogen) atoms. The van der Waals surface area contributed by atoms with Gasteiger partial charge in [-0.3, -0.25) is 10.1 Å². The first-order chi connectivity index (χ1) is 11.5. The number of hydrogen-bond acceptors (Lipinski definition) is 6. The van der Waals surface area contributed by atoms with Crippen molar-refractivity contribution in [3.05, 3.63) is 28.8 Å². The van der Waals surface area contributed by atoms with Crippen LogP contribution in [0.1, 0.15) is 24.2 Å². The molecule has 0 saturated heterocycles. The predicted molar refractivity (Wildman–Crippen MR) is 89.5 cm³/mol. The lowest BCUT2D eigenvalue weighted by molar-refractivity contribution is -0.130. The highest BCUT2D eigenvalue weighted by Crippen LogP contribution is 2.22. The van der Waals surface area contributed by atoms with Crippen molar-refractivity contribution >= 4 is 39.5 Å². The fraction of sp³-hybridized carbons (Fsp3) is 0.357. The molecule has 1 unspecified atom stereocenters. The summed E-state index contributed by atoms with van der Waals surface area (Å²) in [6.07, 6.45) is -1.32. The molecule has 0 saturated carbocycles. The quantitative estimate of drug-likeness (QED) is 0.606. The number of ether oxygens (including phenoxy) is 1. The second-order valence-electron chi connectivity index (χ2n) is 5.27. The van der Waals surface area contributed by atoms with Crippen LogP contribution >= 0.6 is 11.6 Å². The molecule has 0 spiro atoms. The van der Waals surface area contributed by atoms with Gasteiger partial charge in [-0.1, -0.05) is 25.4 Å². The average molecular weight is 392 g/mol. The number of benzene rings is 1. The topological polar surface area (TPSA) is 145 Å². The van der Waals surface area contributed by atoms with Crippen molar-refractivity contribution in [2.75, 3.05) is 7.05 Å². The smallest absolute Gasteiger partial charge is 0.340 e. The van der Waals surface area contributed by atoms with E-state index in [1.54, 1.807) is 13.8 Å². The van der Waals surface area contributed by atoms with Gasteiger partial charge in [0.2, 0.25) is 10.0 Å². The third kappa shape index (κ3) is 5.41. The molecule has 0 fully saturated rings. The van der Waals surface area contributed by atoms with E-state index in [4.69, 9.17) is 22.1 Å². The molecule has 1 atom stereocenters.